The fourth-order valence-corrected chi connectivity index (χ4v) is 0. The van der Waals surface area contributed by atoms with Gasteiger partial charge in [0.05, 0.1) is 20.3 Å². The summed E-state index contributed by atoms with van der Waals surface area (Å²) in [7, 11) is 0. The van der Waals surface area contributed by atoms with E-state index in [0.717, 1.165) is 0 Å². The molecule has 0 fully saturated rings. The first-order valence-electron chi connectivity index (χ1n) is 2.19. The molecule has 0 N–H and O–H groups in total. The van der Waals surface area contributed by atoms with Crippen LogP contribution < -0.4 is 0 Å². The monoisotopic (exact) mass is 450 g/mol. The Morgan fingerprint density at radius 1 is 0.444 bits per heavy atom. The Labute approximate surface area is 148 Å². The smallest absolute Gasteiger partial charge is 0.356 e. The van der Waals surface area contributed by atoms with Crippen LogP contribution in [0.5, 0.6) is 0 Å². The molecule has 0 aliphatic carbocycles. The molecule has 0 spiro atoms. The predicted octanol–water partition coefficient (Wildman–Crippen LogP) is -1.34. The van der Waals surface area contributed by atoms with Crippen molar-refractivity contribution < 1.29 is 39.8 Å². The zero-order chi connectivity index (χ0) is 14.3. The summed E-state index contributed by atoms with van der Waals surface area (Å²) >= 11 is 0. The van der Waals surface area contributed by atoms with Gasteiger partial charge in [-0.25, -0.2) is 0 Å². The number of hydrogen-bond acceptors (Lipinski definition) is 12. The van der Waals surface area contributed by atoms with E-state index < -0.39 is 20.3 Å². The molecule has 0 aliphatic heterocycles. The summed E-state index contributed by atoms with van der Waals surface area (Å²) in [5.74, 6) is 0. The molecule has 0 aromatic rings. The second-order valence-corrected chi connectivity index (χ2v) is 0.894. The van der Waals surface area contributed by atoms with Gasteiger partial charge in [0.15, 0.2) is 0 Å². The van der Waals surface area contributed by atoms with Gasteiger partial charge in [-0.15, -0.1) is 0 Å². The maximum Gasteiger partial charge on any atom is 2.00 e. The van der Waals surface area contributed by atoms with Crippen molar-refractivity contribution in [2.75, 3.05) is 0 Å². The van der Waals surface area contributed by atoms with Crippen LogP contribution in [0.3, 0.4) is 0 Å². The molecule has 0 saturated carbocycles. The third-order valence-electron chi connectivity index (χ3n) is 0. The van der Waals surface area contributed by atoms with E-state index in [1.54, 1.807) is 0 Å². The molecule has 0 aliphatic rings. The topological polar surface area (TPSA) is 265 Å². The zero-order valence-corrected chi connectivity index (χ0v) is 15.5. The molecule has 0 aromatic heterocycles. The summed E-state index contributed by atoms with van der Waals surface area (Å²) in [5.41, 5.74) is 0. The van der Waals surface area contributed by atoms with Gasteiger partial charge in [0.2, 0.25) is 0 Å². The Morgan fingerprint density at radius 3 is 0.444 bits per heavy atom. The summed E-state index contributed by atoms with van der Waals surface area (Å²) < 4.78 is 0. The van der Waals surface area contributed by atoms with Crippen molar-refractivity contribution in [2.45, 2.75) is 0 Å². The third kappa shape index (κ3) is 2910. The van der Waals surface area contributed by atoms with Gasteiger partial charge >= 0.3 is 68.4 Å². The first-order valence-corrected chi connectivity index (χ1v) is 2.19. The molecular formula is BaN4O12Zn. The van der Waals surface area contributed by atoms with E-state index >= 15 is 0 Å². The van der Waals surface area contributed by atoms with Crippen molar-refractivity contribution in [2.24, 2.45) is 0 Å². The molecule has 0 heterocycles. The van der Waals surface area contributed by atoms with E-state index in [1.165, 1.54) is 0 Å². The number of nitrogens with zero attached hydrogens (tertiary/aromatic N) is 4. The molecule has 0 aromatic carbocycles. The van der Waals surface area contributed by atoms with Crippen molar-refractivity contribution in [3.05, 3.63) is 61.3 Å². The molecule has 18 heteroatoms. The van der Waals surface area contributed by atoms with Gasteiger partial charge in [-0.1, -0.05) is 0 Å². The largest absolute Gasteiger partial charge is 2.00 e. The van der Waals surface area contributed by atoms with E-state index in [0.29, 0.717) is 0 Å². The minimum Gasteiger partial charge on any atom is -0.356 e. The average Bonchev–Trinajstić information content (AvgIpc) is 1.76. The van der Waals surface area contributed by atoms with E-state index in [9.17, 15) is 0 Å². The summed E-state index contributed by atoms with van der Waals surface area (Å²) in [4.78, 5) is 33.0. The molecule has 96 valence electrons. The minimum atomic E-state index is -1.75. The summed E-state index contributed by atoms with van der Waals surface area (Å²) in [5, 5.41) is 59.0. The van der Waals surface area contributed by atoms with Crippen LogP contribution in [0.2, 0.25) is 0 Å². The van der Waals surface area contributed by atoms with Gasteiger partial charge in [0.1, 0.15) is 0 Å². The maximum atomic E-state index is 8.25. The fraction of sp³-hybridized carbons (Fsp3) is 0. The molecule has 18 heavy (non-hydrogen) atoms. The van der Waals surface area contributed by atoms with Crippen molar-refractivity contribution in [1.29, 1.82) is 0 Å². The van der Waals surface area contributed by atoms with Crippen LogP contribution in [-0.2, 0) is 19.5 Å². The number of hydrogen-bond donors (Lipinski definition) is 0. The summed E-state index contributed by atoms with van der Waals surface area (Å²) in [6.07, 6.45) is 0. The first-order chi connectivity index (χ1) is 6.93. The van der Waals surface area contributed by atoms with Crippen molar-refractivity contribution in [3.8, 4) is 0 Å². The molecule has 0 radical (unpaired) electrons. The molecular weight excluding hydrogens is 451 g/mol. The molecule has 0 saturated heterocycles. The van der Waals surface area contributed by atoms with Gasteiger partial charge in [-0.2, -0.15) is 0 Å². The third-order valence-corrected chi connectivity index (χ3v) is 0. The van der Waals surface area contributed by atoms with E-state index in [4.69, 9.17) is 61.3 Å². The van der Waals surface area contributed by atoms with Crippen molar-refractivity contribution >= 4 is 48.9 Å². The SMILES string of the molecule is O=[N+]([O-])[O-].O=[N+]([O-])[O-].O=[N+]([O-])[O-].O=[N+]([O-])[O-].[Ba+2].[Zn+2]. The average molecular weight is 451 g/mol. The van der Waals surface area contributed by atoms with Crippen LogP contribution in [0, 0.1) is 61.3 Å². The Kier molecular flexibility index (Phi) is 59.4. The van der Waals surface area contributed by atoms with Gasteiger partial charge in [0.25, 0.3) is 0 Å². The van der Waals surface area contributed by atoms with Gasteiger partial charge in [-0.05, 0) is 0 Å². The molecule has 0 rings (SSSR count). The quantitative estimate of drug-likeness (QED) is 0.235. The summed E-state index contributed by atoms with van der Waals surface area (Å²) in [6.45, 7) is 0. The Balaban J connectivity index is -0.0000000257. The van der Waals surface area contributed by atoms with Crippen LogP contribution in [0.25, 0.3) is 0 Å². The standard InChI is InChI=1S/Ba.4NO3.Zn/c;4*2-1(3)4;/q+2;4*-1;+2. The van der Waals surface area contributed by atoms with Gasteiger partial charge in [-0.3, -0.25) is 0 Å². The van der Waals surface area contributed by atoms with E-state index in [1.807, 2.05) is 0 Å². The number of rotatable bonds is 0. The molecule has 0 amide bonds. The second kappa shape index (κ2) is 29.7. The molecule has 0 atom stereocenters. The normalized spacial score (nSPS) is 5.33. The van der Waals surface area contributed by atoms with Gasteiger partial charge in [0, 0.05) is 0 Å². The molecule has 0 unspecified atom stereocenters. The van der Waals surface area contributed by atoms with Crippen LogP contribution in [0.4, 0.5) is 0 Å². The van der Waals surface area contributed by atoms with E-state index in [2.05, 4.69) is 0 Å². The van der Waals surface area contributed by atoms with Gasteiger partial charge < -0.3 is 61.3 Å². The second-order valence-electron chi connectivity index (χ2n) is 0.894. The Morgan fingerprint density at radius 2 is 0.444 bits per heavy atom. The maximum absolute atomic E-state index is 8.25. The fourth-order valence-electron chi connectivity index (χ4n) is 0. The Hall–Kier alpha value is -1.01. The van der Waals surface area contributed by atoms with Crippen LogP contribution in [-0.4, -0.2) is 69.2 Å². The molecule has 16 nitrogen and oxygen atoms in total. The predicted molar refractivity (Wildman–Crippen MR) is 47.2 cm³/mol. The van der Waals surface area contributed by atoms with E-state index in [-0.39, 0.29) is 68.4 Å². The van der Waals surface area contributed by atoms with Crippen molar-refractivity contribution in [3.63, 3.8) is 0 Å². The Bertz CT molecular complexity index is 164. The van der Waals surface area contributed by atoms with Crippen LogP contribution in [0.15, 0.2) is 0 Å². The summed E-state index contributed by atoms with van der Waals surface area (Å²) in [6, 6.07) is 0. The zero-order valence-electron chi connectivity index (χ0n) is 8.10. The molecule has 0 bridgehead atoms. The van der Waals surface area contributed by atoms with Crippen LogP contribution >= 0.6 is 0 Å². The minimum absolute atomic E-state index is 0. The first kappa shape index (κ1) is 36.0. The van der Waals surface area contributed by atoms with Crippen molar-refractivity contribution in [1.82, 2.24) is 0 Å². The van der Waals surface area contributed by atoms with Crippen LogP contribution in [0.1, 0.15) is 0 Å².